The van der Waals surface area contributed by atoms with E-state index < -0.39 is 29.6 Å². The Morgan fingerprint density at radius 2 is 1.65 bits per heavy atom. The van der Waals surface area contributed by atoms with E-state index in [-0.39, 0.29) is 0 Å². The molecule has 0 saturated heterocycles. The van der Waals surface area contributed by atoms with Gasteiger partial charge in [0.05, 0.1) is 7.11 Å². The van der Waals surface area contributed by atoms with Gasteiger partial charge in [-0.3, -0.25) is 4.79 Å². The Labute approximate surface area is 118 Å². The van der Waals surface area contributed by atoms with Gasteiger partial charge in [-0.2, -0.15) is 0 Å². The number of rotatable bonds is 4. The summed E-state index contributed by atoms with van der Waals surface area (Å²) in [5.74, 6) is -2.64. The van der Waals surface area contributed by atoms with Crippen LogP contribution in [-0.4, -0.2) is 35.9 Å². The average molecular weight is 280 g/mol. The molecule has 1 aromatic carbocycles. The number of benzene rings is 1. The topological polar surface area (TPSA) is 72.8 Å². The van der Waals surface area contributed by atoms with Crippen LogP contribution in [0, 0.1) is 0 Å². The number of ether oxygens (including phenoxy) is 2. The van der Waals surface area contributed by atoms with Crippen LogP contribution in [0.2, 0.25) is 0 Å². The monoisotopic (exact) mass is 280 g/mol. The third-order valence-electron chi connectivity index (χ3n) is 2.58. The van der Waals surface area contributed by atoms with Crippen LogP contribution in [-0.2, 0) is 19.1 Å². The maximum absolute atomic E-state index is 12.2. The number of aliphatic hydroxyl groups excluding tert-OH is 1. The second-order valence-corrected chi connectivity index (χ2v) is 5.39. The van der Waals surface area contributed by atoms with Gasteiger partial charge in [0.25, 0.3) is 0 Å². The molecule has 2 atom stereocenters. The van der Waals surface area contributed by atoms with E-state index in [0.29, 0.717) is 5.56 Å². The maximum Gasteiger partial charge on any atom is 0.335 e. The van der Waals surface area contributed by atoms with Crippen molar-refractivity contribution in [3.8, 4) is 0 Å². The predicted molar refractivity (Wildman–Crippen MR) is 73.1 cm³/mol. The molecular weight excluding hydrogens is 260 g/mol. The van der Waals surface area contributed by atoms with Crippen molar-refractivity contribution in [3.63, 3.8) is 0 Å². The van der Waals surface area contributed by atoms with Gasteiger partial charge in [-0.1, -0.05) is 30.3 Å². The molecule has 0 radical (unpaired) electrons. The lowest BCUT2D eigenvalue weighted by Crippen LogP contribution is -2.38. The fourth-order valence-corrected chi connectivity index (χ4v) is 1.73. The third-order valence-corrected chi connectivity index (χ3v) is 2.58. The standard InChI is InChI=1S/C15H20O5/c1-15(2,3)20-13(17)11(12(16)14(18)19-4)10-8-6-5-7-9-10/h5-9,11-12,16H,1-4H3/t11-,12-/m0/s1. The first kappa shape index (κ1) is 16.2. The van der Waals surface area contributed by atoms with Crippen LogP contribution >= 0.6 is 0 Å². The lowest BCUT2D eigenvalue weighted by molar-refractivity contribution is -0.167. The normalized spacial score (nSPS) is 14.2. The number of carbonyl (C=O) groups is 2. The zero-order valence-corrected chi connectivity index (χ0v) is 12.1. The minimum atomic E-state index is -1.60. The molecule has 20 heavy (non-hydrogen) atoms. The molecule has 0 unspecified atom stereocenters. The summed E-state index contributed by atoms with van der Waals surface area (Å²) in [6, 6.07) is 8.52. The highest BCUT2D eigenvalue weighted by Gasteiger charge is 2.37. The maximum atomic E-state index is 12.2. The number of esters is 2. The molecule has 5 heteroatoms. The Balaban J connectivity index is 3.08. The first-order valence-electron chi connectivity index (χ1n) is 6.30. The molecule has 0 amide bonds. The van der Waals surface area contributed by atoms with Gasteiger partial charge >= 0.3 is 11.9 Å². The largest absolute Gasteiger partial charge is 0.467 e. The highest BCUT2D eigenvalue weighted by molar-refractivity contribution is 5.87. The Morgan fingerprint density at radius 3 is 2.10 bits per heavy atom. The Hall–Kier alpha value is -1.88. The van der Waals surface area contributed by atoms with Crippen LogP contribution in [0.15, 0.2) is 30.3 Å². The number of hydrogen-bond donors (Lipinski definition) is 1. The molecular formula is C15H20O5. The summed E-state index contributed by atoms with van der Waals surface area (Å²) < 4.78 is 9.76. The van der Waals surface area contributed by atoms with Crippen LogP contribution < -0.4 is 0 Å². The number of carbonyl (C=O) groups excluding carboxylic acids is 2. The molecule has 0 aromatic heterocycles. The van der Waals surface area contributed by atoms with Crippen molar-refractivity contribution in [2.45, 2.75) is 38.4 Å². The molecule has 0 heterocycles. The summed E-state index contributed by atoms with van der Waals surface area (Å²) in [6.07, 6.45) is -1.60. The molecule has 1 N–H and O–H groups in total. The van der Waals surface area contributed by atoms with Gasteiger partial charge in [-0.05, 0) is 26.3 Å². The van der Waals surface area contributed by atoms with Gasteiger partial charge in [-0.25, -0.2) is 4.79 Å². The van der Waals surface area contributed by atoms with Crippen LogP contribution in [0.5, 0.6) is 0 Å². The molecule has 0 bridgehead atoms. The van der Waals surface area contributed by atoms with Crippen LogP contribution in [0.1, 0.15) is 32.3 Å². The highest BCUT2D eigenvalue weighted by Crippen LogP contribution is 2.24. The molecule has 0 saturated carbocycles. The molecule has 0 aliphatic carbocycles. The van der Waals surface area contributed by atoms with E-state index in [1.54, 1.807) is 51.1 Å². The van der Waals surface area contributed by atoms with Gasteiger partial charge in [0.15, 0.2) is 6.10 Å². The van der Waals surface area contributed by atoms with Crippen molar-refractivity contribution in [3.05, 3.63) is 35.9 Å². The van der Waals surface area contributed by atoms with E-state index in [0.717, 1.165) is 7.11 Å². The fourth-order valence-electron chi connectivity index (χ4n) is 1.73. The zero-order chi connectivity index (χ0) is 15.3. The van der Waals surface area contributed by atoms with Crippen LogP contribution in [0.4, 0.5) is 0 Å². The van der Waals surface area contributed by atoms with E-state index in [2.05, 4.69) is 4.74 Å². The van der Waals surface area contributed by atoms with Gasteiger partial charge < -0.3 is 14.6 Å². The summed E-state index contributed by atoms with van der Waals surface area (Å²) in [5.41, 5.74) is -0.209. The summed E-state index contributed by atoms with van der Waals surface area (Å²) in [4.78, 5) is 23.7. The van der Waals surface area contributed by atoms with Crippen LogP contribution in [0.3, 0.4) is 0 Å². The minimum absolute atomic E-state index is 0.500. The average Bonchev–Trinajstić information content (AvgIpc) is 2.37. The molecule has 0 spiro atoms. The zero-order valence-electron chi connectivity index (χ0n) is 12.1. The lowest BCUT2D eigenvalue weighted by atomic mass is 9.93. The molecule has 0 fully saturated rings. The van der Waals surface area contributed by atoms with Crippen molar-refractivity contribution in [1.29, 1.82) is 0 Å². The van der Waals surface area contributed by atoms with Crippen molar-refractivity contribution in [1.82, 2.24) is 0 Å². The Kier molecular flexibility index (Phi) is 5.27. The SMILES string of the molecule is COC(=O)[C@@H](O)[C@@H](C(=O)OC(C)(C)C)c1ccccc1. The number of hydrogen-bond acceptors (Lipinski definition) is 5. The van der Waals surface area contributed by atoms with Gasteiger partial charge in [0.2, 0.25) is 0 Å². The van der Waals surface area contributed by atoms with Crippen molar-refractivity contribution in [2.75, 3.05) is 7.11 Å². The smallest absolute Gasteiger partial charge is 0.335 e. The van der Waals surface area contributed by atoms with Crippen LogP contribution in [0.25, 0.3) is 0 Å². The van der Waals surface area contributed by atoms with Crippen molar-refractivity contribution < 1.29 is 24.2 Å². The van der Waals surface area contributed by atoms with E-state index in [4.69, 9.17) is 4.74 Å². The first-order chi connectivity index (χ1) is 9.26. The molecule has 1 aromatic rings. The quantitative estimate of drug-likeness (QED) is 0.849. The first-order valence-corrected chi connectivity index (χ1v) is 6.30. The van der Waals surface area contributed by atoms with Gasteiger partial charge in [0.1, 0.15) is 11.5 Å². The number of aliphatic hydroxyl groups is 1. The second-order valence-electron chi connectivity index (χ2n) is 5.39. The van der Waals surface area contributed by atoms with Crippen molar-refractivity contribution in [2.24, 2.45) is 0 Å². The van der Waals surface area contributed by atoms with Gasteiger partial charge in [0, 0.05) is 0 Å². The molecule has 110 valence electrons. The Morgan fingerprint density at radius 1 is 1.10 bits per heavy atom. The van der Waals surface area contributed by atoms with E-state index in [1.165, 1.54) is 0 Å². The lowest BCUT2D eigenvalue weighted by Gasteiger charge is -2.26. The van der Waals surface area contributed by atoms with Crippen molar-refractivity contribution >= 4 is 11.9 Å². The van der Waals surface area contributed by atoms with Gasteiger partial charge in [-0.15, -0.1) is 0 Å². The molecule has 1 rings (SSSR count). The Bertz CT molecular complexity index is 461. The van der Waals surface area contributed by atoms with E-state index in [9.17, 15) is 14.7 Å². The fraction of sp³-hybridized carbons (Fsp3) is 0.467. The molecule has 0 aliphatic rings. The summed E-state index contributed by atoms with van der Waals surface area (Å²) >= 11 is 0. The van der Waals surface area contributed by atoms with E-state index in [1.807, 2.05) is 0 Å². The summed E-state index contributed by atoms with van der Waals surface area (Å²) in [6.45, 7) is 5.16. The highest BCUT2D eigenvalue weighted by atomic mass is 16.6. The second kappa shape index (κ2) is 6.52. The summed E-state index contributed by atoms with van der Waals surface area (Å²) in [7, 11) is 1.16. The molecule has 5 nitrogen and oxygen atoms in total. The third kappa shape index (κ3) is 4.35. The number of methoxy groups -OCH3 is 1. The van der Waals surface area contributed by atoms with E-state index >= 15 is 0 Å². The summed E-state index contributed by atoms with van der Waals surface area (Å²) in [5, 5.41) is 10.0. The minimum Gasteiger partial charge on any atom is -0.467 e. The predicted octanol–water partition coefficient (Wildman–Crippen LogP) is 1.65. The molecule has 0 aliphatic heterocycles.